The molecule has 0 aliphatic rings. The molecule has 3 rings (SSSR count). The van der Waals surface area contributed by atoms with Crippen molar-refractivity contribution in [3.05, 3.63) is 76.6 Å². The fourth-order valence-electron chi connectivity index (χ4n) is 2.83. The van der Waals surface area contributed by atoms with Crippen molar-refractivity contribution in [3.8, 4) is 0 Å². The number of nitrogens with zero attached hydrogens (tertiary/aromatic N) is 1. The quantitative estimate of drug-likeness (QED) is 0.769. The Morgan fingerprint density at radius 3 is 2.71 bits per heavy atom. The molecule has 2 aromatic carbocycles. The number of aromatic nitrogens is 1. The van der Waals surface area contributed by atoms with Crippen molar-refractivity contribution in [2.45, 2.75) is 13.0 Å². The second-order valence-electron chi connectivity index (χ2n) is 5.17. The van der Waals surface area contributed by atoms with E-state index in [4.69, 9.17) is 11.6 Å². The van der Waals surface area contributed by atoms with Gasteiger partial charge in [0.15, 0.2) is 0 Å². The highest BCUT2D eigenvalue weighted by Crippen LogP contribution is 2.31. The Kier molecular flexibility index (Phi) is 3.91. The van der Waals surface area contributed by atoms with Crippen molar-refractivity contribution in [1.29, 1.82) is 0 Å². The molecule has 0 amide bonds. The Morgan fingerprint density at radius 2 is 1.95 bits per heavy atom. The van der Waals surface area contributed by atoms with Crippen molar-refractivity contribution >= 4 is 22.4 Å². The molecule has 1 atom stereocenters. The van der Waals surface area contributed by atoms with Crippen LogP contribution in [0.4, 0.5) is 0 Å². The van der Waals surface area contributed by atoms with Crippen LogP contribution in [0.25, 0.3) is 10.8 Å². The molecule has 21 heavy (non-hydrogen) atoms. The van der Waals surface area contributed by atoms with Crippen molar-refractivity contribution in [3.63, 3.8) is 0 Å². The summed E-state index contributed by atoms with van der Waals surface area (Å²) in [5.74, 6) is 0. The first-order chi connectivity index (χ1) is 10.2. The largest absolute Gasteiger partial charge is 0.309 e. The summed E-state index contributed by atoms with van der Waals surface area (Å²) >= 11 is 6.08. The first kappa shape index (κ1) is 14.1. The first-order valence-corrected chi connectivity index (χ1v) is 7.34. The van der Waals surface area contributed by atoms with Crippen molar-refractivity contribution in [1.82, 2.24) is 10.3 Å². The molecule has 1 unspecified atom stereocenters. The molecule has 0 saturated carbocycles. The van der Waals surface area contributed by atoms with Gasteiger partial charge in [-0.15, -0.1) is 0 Å². The van der Waals surface area contributed by atoms with Crippen LogP contribution in [-0.4, -0.2) is 12.0 Å². The summed E-state index contributed by atoms with van der Waals surface area (Å²) in [6.07, 6.45) is 3.76. The van der Waals surface area contributed by atoms with Crippen LogP contribution in [0.3, 0.4) is 0 Å². The number of benzene rings is 2. The Balaban J connectivity index is 2.18. The summed E-state index contributed by atoms with van der Waals surface area (Å²) in [5.41, 5.74) is 3.65. The zero-order chi connectivity index (χ0) is 14.8. The second kappa shape index (κ2) is 5.84. The highest BCUT2D eigenvalue weighted by molar-refractivity contribution is 6.30. The van der Waals surface area contributed by atoms with Gasteiger partial charge >= 0.3 is 0 Å². The lowest BCUT2D eigenvalue weighted by molar-refractivity contribution is 0.692. The van der Waals surface area contributed by atoms with Gasteiger partial charge in [-0.1, -0.05) is 35.9 Å². The Labute approximate surface area is 129 Å². The van der Waals surface area contributed by atoms with E-state index in [-0.39, 0.29) is 6.04 Å². The molecule has 0 bridgehead atoms. The van der Waals surface area contributed by atoms with E-state index in [0.29, 0.717) is 0 Å². The van der Waals surface area contributed by atoms with Crippen molar-refractivity contribution in [2.24, 2.45) is 0 Å². The van der Waals surface area contributed by atoms with Gasteiger partial charge in [0.2, 0.25) is 0 Å². The molecule has 3 heteroatoms. The van der Waals surface area contributed by atoms with E-state index in [1.807, 2.05) is 37.6 Å². The maximum absolute atomic E-state index is 6.08. The standard InChI is InChI=1S/C18H17ClN2/c1-12-10-14(19)6-7-15(12)18(20-2)16-5-3-4-13-8-9-21-11-17(13)16/h3-11,18,20H,1-2H3. The van der Waals surface area contributed by atoms with Crippen LogP contribution in [0.1, 0.15) is 22.7 Å². The first-order valence-electron chi connectivity index (χ1n) is 6.96. The zero-order valence-electron chi connectivity index (χ0n) is 12.1. The Bertz CT molecular complexity index is 778. The van der Waals surface area contributed by atoms with Crippen LogP contribution in [-0.2, 0) is 0 Å². The number of fused-ring (bicyclic) bond motifs is 1. The lowest BCUT2D eigenvalue weighted by atomic mass is 9.92. The second-order valence-corrected chi connectivity index (χ2v) is 5.60. The van der Waals surface area contributed by atoms with E-state index >= 15 is 0 Å². The van der Waals surface area contributed by atoms with E-state index in [1.54, 1.807) is 0 Å². The molecule has 0 spiro atoms. The molecule has 0 aliphatic carbocycles. The van der Waals surface area contributed by atoms with Gasteiger partial charge in [0.25, 0.3) is 0 Å². The van der Waals surface area contributed by atoms with E-state index < -0.39 is 0 Å². The molecule has 0 saturated heterocycles. The number of hydrogen-bond donors (Lipinski definition) is 1. The Morgan fingerprint density at radius 1 is 1.10 bits per heavy atom. The van der Waals surface area contributed by atoms with Crippen LogP contribution in [0, 0.1) is 6.92 Å². The molecule has 1 heterocycles. The van der Waals surface area contributed by atoms with E-state index in [0.717, 1.165) is 5.02 Å². The van der Waals surface area contributed by atoms with Crippen LogP contribution >= 0.6 is 11.6 Å². The highest BCUT2D eigenvalue weighted by Gasteiger charge is 2.16. The topological polar surface area (TPSA) is 24.9 Å². The smallest absolute Gasteiger partial charge is 0.0583 e. The lowest BCUT2D eigenvalue weighted by Crippen LogP contribution is -2.19. The number of hydrogen-bond acceptors (Lipinski definition) is 2. The van der Waals surface area contributed by atoms with Crippen LogP contribution in [0.5, 0.6) is 0 Å². The average Bonchev–Trinajstić information content (AvgIpc) is 2.50. The van der Waals surface area contributed by atoms with Gasteiger partial charge < -0.3 is 5.32 Å². The van der Waals surface area contributed by atoms with Crippen LogP contribution in [0.2, 0.25) is 5.02 Å². The van der Waals surface area contributed by atoms with E-state index in [2.05, 4.69) is 41.5 Å². The third kappa shape index (κ3) is 2.65. The summed E-state index contributed by atoms with van der Waals surface area (Å²) in [4.78, 5) is 4.27. The van der Waals surface area contributed by atoms with Crippen molar-refractivity contribution in [2.75, 3.05) is 7.05 Å². The SMILES string of the molecule is CNC(c1ccc(Cl)cc1C)c1cccc2ccncc12. The van der Waals surface area contributed by atoms with Crippen LogP contribution in [0.15, 0.2) is 54.9 Å². The normalized spacial score (nSPS) is 12.5. The predicted octanol–water partition coefficient (Wildman–Crippen LogP) is 4.51. The highest BCUT2D eigenvalue weighted by atomic mass is 35.5. The third-order valence-electron chi connectivity index (χ3n) is 3.86. The van der Waals surface area contributed by atoms with Gasteiger partial charge in [0.1, 0.15) is 0 Å². The molecule has 1 aromatic heterocycles. The summed E-state index contributed by atoms with van der Waals surface area (Å²) in [7, 11) is 1.98. The minimum absolute atomic E-state index is 0.121. The predicted molar refractivity (Wildman–Crippen MR) is 88.8 cm³/mol. The molecule has 3 aromatic rings. The third-order valence-corrected chi connectivity index (χ3v) is 4.09. The van der Waals surface area contributed by atoms with Crippen LogP contribution < -0.4 is 5.32 Å². The molecule has 2 nitrogen and oxygen atoms in total. The monoisotopic (exact) mass is 296 g/mol. The van der Waals surface area contributed by atoms with Gasteiger partial charge in [-0.2, -0.15) is 0 Å². The molecule has 106 valence electrons. The van der Waals surface area contributed by atoms with Gasteiger partial charge in [-0.05, 0) is 54.2 Å². The molecule has 0 radical (unpaired) electrons. The lowest BCUT2D eigenvalue weighted by Gasteiger charge is -2.21. The molecule has 0 aliphatic heterocycles. The summed E-state index contributed by atoms with van der Waals surface area (Å²) in [5, 5.41) is 6.56. The summed E-state index contributed by atoms with van der Waals surface area (Å²) in [6.45, 7) is 2.09. The zero-order valence-corrected chi connectivity index (χ0v) is 12.9. The minimum Gasteiger partial charge on any atom is -0.309 e. The fraction of sp³-hybridized carbons (Fsp3) is 0.167. The molecular formula is C18H17ClN2. The summed E-state index contributed by atoms with van der Waals surface area (Å²) in [6, 6.07) is 14.6. The van der Waals surface area contributed by atoms with Gasteiger partial charge in [0.05, 0.1) is 6.04 Å². The van der Waals surface area contributed by atoms with Gasteiger partial charge in [-0.25, -0.2) is 0 Å². The maximum atomic E-state index is 6.08. The minimum atomic E-state index is 0.121. The number of nitrogens with one attached hydrogen (secondary N) is 1. The number of pyridine rings is 1. The molecular weight excluding hydrogens is 280 g/mol. The van der Waals surface area contributed by atoms with Gasteiger partial charge in [0, 0.05) is 22.8 Å². The Hall–Kier alpha value is -1.90. The number of rotatable bonds is 3. The summed E-state index contributed by atoms with van der Waals surface area (Å²) < 4.78 is 0. The molecule has 0 fully saturated rings. The maximum Gasteiger partial charge on any atom is 0.0583 e. The van der Waals surface area contributed by atoms with Gasteiger partial charge in [-0.3, -0.25) is 4.98 Å². The number of aryl methyl sites for hydroxylation is 1. The molecule has 1 N–H and O–H groups in total. The number of halogens is 1. The fourth-order valence-corrected chi connectivity index (χ4v) is 3.06. The average molecular weight is 297 g/mol. The van der Waals surface area contributed by atoms with E-state index in [9.17, 15) is 0 Å². The van der Waals surface area contributed by atoms with Crippen molar-refractivity contribution < 1.29 is 0 Å². The van der Waals surface area contributed by atoms with E-state index in [1.165, 1.54) is 27.5 Å².